The molecule has 0 saturated heterocycles. The van der Waals surface area contributed by atoms with Crippen LogP contribution in [0.15, 0.2) is 30.3 Å². The predicted octanol–water partition coefficient (Wildman–Crippen LogP) is 3.43. The molecule has 110 valence electrons. The van der Waals surface area contributed by atoms with Crippen LogP contribution in [0.3, 0.4) is 0 Å². The molecule has 0 saturated carbocycles. The summed E-state index contributed by atoms with van der Waals surface area (Å²) in [6, 6.07) is 6.42. The van der Waals surface area contributed by atoms with Crippen LogP contribution in [-0.2, 0) is 4.74 Å². The lowest BCUT2D eigenvalue weighted by molar-refractivity contribution is 0.0601. The molecule has 0 radical (unpaired) electrons. The van der Waals surface area contributed by atoms with Crippen LogP contribution in [0.5, 0.6) is 11.5 Å². The molecule has 0 aliphatic carbocycles. The molecule has 2 aromatic rings. The highest BCUT2D eigenvalue weighted by Crippen LogP contribution is 2.30. The van der Waals surface area contributed by atoms with Crippen LogP contribution >= 0.6 is 0 Å². The first-order valence-electron chi connectivity index (χ1n) is 6.04. The molecule has 2 N–H and O–H groups in total. The van der Waals surface area contributed by atoms with E-state index in [4.69, 9.17) is 10.5 Å². The van der Waals surface area contributed by atoms with Crippen LogP contribution in [0.4, 0.5) is 14.5 Å². The largest absolute Gasteiger partial charge is 0.465 e. The van der Waals surface area contributed by atoms with Gasteiger partial charge in [0.25, 0.3) is 0 Å². The molecule has 0 aromatic heterocycles. The van der Waals surface area contributed by atoms with Gasteiger partial charge in [0, 0.05) is 5.69 Å². The van der Waals surface area contributed by atoms with Gasteiger partial charge in [0.05, 0.1) is 12.7 Å². The number of carbonyl (C=O) groups excluding carboxylic acids is 1. The normalized spacial score (nSPS) is 10.3. The van der Waals surface area contributed by atoms with Crippen LogP contribution in [0.25, 0.3) is 0 Å². The van der Waals surface area contributed by atoms with E-state index in [9.17, 15) is 13.6 Å². The predicted molar refractivity (Wildman–Crippen MR) is 73.4 cm³/mol. The Labute approximate surface area is 120 Å². The number of benzene rings is 2. The number of nitrogens with two attached hydrogens (primary N) is 1. The van der Waals surface area contributed by atoms with E-state index < -0.39 is 17.6 Å². The zero-order valence-corrected chi connectivity index (χ0v) is 11.4. The second-order valence-corrected chi connectivity index (χ2v) is 4.35. The van der Waals surface area contributed by atoms with Gasteiger partial charge in [-0.15, -0.1) is 0 Å². The van der Waals surface area contributed by atoms with Crippen molar-refractivity contribution in [3.63, 3.8) is 0 Å². The van der Waals surface area contributed by atoms with E-state index in [-0.39, 0.29) is 22.7 Å². The maximum Gasteiger partial charge on any atom is 0.340 e. The number of halogens is 2. The smallest absolute Gasteiger partial charge is 0.340 e. The van der Waals surface area contributed by atoms with Crippen LogP contribution in [0.2, 0.25) is 0 Å². The second kappa shape index (κ2) is 5.78. The summed E-state index contributed by atoms with van der Waals surface area (Å²) < 4.78 is 36.6. The van der Waals surface area contributed by atoms with Crippen LogP contribution < -0.4 is 10.5 Å². The second-order valence-electron chi connectivity index (χ2n) is 4.35. The minimum atomic E-state index is -1.11. The number of hydrogen-bond acceptors (Lipinski definition) is 4. The Morgan fingerprint density at radius 2 is 1.95 bits per heavy atom. The topological polar surface area (TPSA) is 61.5 Å². The van der Waals surface area contributed by atoms with E-state index in [1.54, 1.807) is 6.92 Å². The van der Waals surface area contributed by atoms with Crippen molar-refractivity contribution in [1.29, 1.82) is 0 Å². The van der Waals surface area contributed by atoms with Crippen LogP contribution in [0.1, 0.15) is 15.9 Å². The molecule has 0 fully saturated rings. The number of hydrogen-bond donors (Lipinski definition) is 1. The molecule has 0 bridgehead atoms. The molecule has 2 aromatic carbocycles. The number of aryl methyl sites for hydroxylation is 1. The van der Waals surface area contributed by atoms with Gasteiger partial charge in [0.15, 0.2) is 11.6 Å². The summed E-state index contributed by atoms with van der Waals surface area (Å²) in [6.45, 7) is 1.66. The first kappa shape index (κ1) is 14.8. The summed E-state index contributed by atoms with van der Waals surface area (Å²) in [5.74, 6) is -2.89. The fourth-order valence-corrected chi connectivity index (χ4v) is 1.79. The molecule has 0 spiro atoms. The first-order valence-corrected chi connectivity index (χ1v) is 6.04. The Morgan fingerprint density at radius 1 is 1.24 bits per heavy atom. The molecule has 0 aliphatic rings. The lowest BCUT2D eigenvalue weighted by Crippen LogP contribution is -2.07. The van der Waals surface area contributed by atoms with Crippen molar-refractivity contribution in [3.8, 4) is 11.5 Å². The Hall–Kier alpha value is -2.63. The summed E-state index contributed by atoms with van der Waals surface area (Å²) in [5, 5.41) is 0. The summed E-state index contributed by atoms with van der Waals surface area (Å²) in [4.78, 5) is 11.6. The Kier molecular flexibility index (Phi) is 4.07. The third-order valence-electron chi connectivity index (χ3n) is 2.91. The number of rotatable bonds is 3. The van der Waals surface area contributed by atoms with Crippen molar-refractivity contribution in [2.75, 3.05) is 12.8 Å². The number of nitrogen functional groups attached to an aromatic ring is 1. The van der Waals surface area contributed by atoms with Gasteiger partial charge in [-0.1, -0.05) is 6.07 Å². The van der Waals surface area contributed by atoms with E-state index >= 15 is 0 Å². The maximum absolute atomic E-state index is 13.6. The number of anilines is 1. The molecule has 0 aliphatic heterocycles. The quantitative estimate of drug-likeness (QED) is 0.695. The zero-order valence-electron chi connectivity index (χ0n) is 11.4. The van der Waals surface area contributed by atoms with Crippen molar-refractivity contribution in [1.82, 2.24) is 0 Å². The molecular formula is C15H13F2NO3. The van der Waals surface area contributed by atoms with E-state index in [0.717, 1.165) is 6.07 Å². The van der Waals surface area contributed by atoms with Gasteiger partial charge in [-0.2, -0.15) is 4.39 Å². The third-order valence-corrected chi connectivity index (χ3v) is 2.91. The fraction of sp³-hybridized carbons (Fsp3) is 0.133. The van der Waals surface area contributed by atoms with E-state index in [0.29, 0.717) is 5.56 Å². The van der Waals surface area contributed by atoms with Gasteiger partial charge in [-0.05, 0) is 36.8 Å². The molecule has 0 unspecified atom stereocenters. The summed E-state index contributed by atoms with van der Waals surface area (Å²) >= 11 is 0. The van der Waals surface area contributed by atoms with Gasteiger partial charge >= 0.3 is 5.97 Å². The molecule has 0 atom stereocenters. The average Bonchev–Trinajstić information content (AvgIpc) is 2.46. The highest BCUT2D eigenvalue weighted by atomic mass is 19.2. The van der Waals surface area contributed by atoms with Gasteiger partial charge in [0.1, 0.15) is 5.75 Å². The van der Waals surface area contributed by atoms with E-state index in [2.05, 4.69) is 4.74 Å². The van der Waals surface area contributed by atoms with Crippen molar-refractivity contribution < 1.29 is 23.0 Å². The Morgan fingerprint density at radius 3 is 2.62 bits per heavy atom. The molecule has 4 nitrogen and oxygen atoms in total. The lowest BCUT2D eigenvalue weighted by Gasteiger charge is -2.12. The number of methoxy groups -OCH3 is 1. The minimum Gasteiger partial charge on any atom is -0.465 e. The summed E-state index contributed by atoms with van der Waals surface area (Å²) in [7, 11) is 1.22. The van der Waals surface area contributed by atoms with E-state index in [1.165, 1.54) is 31.4 Å². The Bertz CT molecular complexity index is 702. The van der Waals surface area contributed by atoms with Gasteiger partial charge in [-0.3, -0.25) is 0 Å². The summed E-state index contributed by atoms with van der Waals surface area (Å²) in [5.41, 5.74) is 6.69. The monoisotopic (exact) mass is 293 g/mol. The Balaban J connectivity index is 2.43. The van der Waals surface area contributed by atoms with Crippen molar-refractivity contribution in [2.24, 2.45) is 0 Å². The van der Waals surface area contributed by atoms with Crippen LogP contribution in [-0.4, -0.2) is 13.1 Å². The van der Waals surface area contributed by atoms with E-state index in [1.807, 2.05) is 0 Å². The number of esters is 1. The highest BCUT2D eigenvalue weighted by Gasteiger charge is 2.16. The lowest BCUT2D eigenvalue weighted by atomic mass is 10.1. The molecule has 6 heteroatoms. The SMILES string of the molecule is COC(=O)c1cc(Oc2cccc(F)c2F)cc(C)c1N. The molecule has 0 amide bonds. The maximum atomic E-state index is 13.6. The standard InChI is InChI=1S/C15H13F2NO3/c1-8-6-9(7-10(14(8)18)15(19)20-2)21-12-5-3-4-11(16)13(12)17/h3-7H,18H2,1-2H3. The van der Waals surface area contributed by atoms with Gasteiger partial charge < -0.3 is 15.2 Å². The zero-order chi connectivity index (χ0) is 15.6. The highest BCUT2D eigenvalue weighted by molar-refractivity contribution is 5.96. The van der Waals surface area contributed by atoms with Gasteiger partial charge in [0.2, 0.25) is 5.82 Å². The van der Waals surface area contributed by atoms with Crippen molar-refractivity contribution in [2.45, 2.75) is 6.92 Å². The molecule has 0 heterocycles. The molecular weight excluding hydrogens is 280 g/mol. The molecule has 21 heavy (non-hydrogen) atoms. The minimum absolute atomic E-state index is 0.101. The van der Waals surface area contributed by atoms with Crippen LogP contribution in [0, 0.1) is 18.6 Å². The van der Waals surface area contributed by atoms with Crippen molar-refractivity contribution in [3.05, 3.63) is 53.1 Å². The third kappa shape index (κ3) is 2.94. The number of ether oxygens (including phenoxy) is 2. The first-order chi connectivity index (χ1) is 9.93. The number of carbonyl (C=O) groups is 1. The fourth-order valence-electron chi connectivity index (χ4n) is 1.79. The summed E-state index contributed by atoms with van der Waals surface area (Å²) in [6.07, 6.45) is 0. The van der Waals surface area contributed by atoms with Gasteiger partial charge in [-0.25, -0.2) is 9.18 Å². The van der Waals surface area contributed by atoms with Crippen molar-refractivity contribution >= 4 is 11.7 Å². The average molecular weight is 293 g/mol. The molecule has 2 rings (SSSR count).